The summed E-state index contributed by atoms with van der Waals surface area (Å²) in [4.78, 5) is 29.5. The summed E-state index contributed by atoms with van der Waals surface area (Å²) in [6, 6.07) is 6.86. The van der Waals surface area contributed by atoms with Gasteiger partial charge in [0.2, 0.25) is 5.91 Å². The Morgan fingerprint density at radius 3 is 2.92 bits per heavy atom. The number of carbonyl (C=O) groups is 2. The molecule has 26 heavy (non-hydrogen) atoms. The maximum absolute atomic E-state index is 13.4. The molecule has 2 aromatic rings. The van der Waals surface area contributed by atoms with Crippen molar-refractivity contribution in [3.8, 4) is 6.07 Å². The summed E-state index contributed by atoms with van der Waals surface area (Å²) in [5, 5.41) is 11.9. The predicted molar refractivity (Wildman–Crippen MR) is 89.2 cm³/mol. The van der Waals surface area contributed by atoms with Crippen molar-refractivity contribution < 1.29 is 18.4 Å². The number of carbonyl (C=O) groups excluding carboxylic acids is 2. The van der Waals surface area contributed by atoms with Gasteiger partial charge in [0.15, 0.2) is 0 Å². The van der Waals surface area contributed by atoms with Crippen LogP contribution in [0.1, 0.15) is 16.8 Å². The van der Waals surface area contributed by atoms with E-state index in [4.69, 9.17) is 11.0 Å². The Morgan fingerprint density at radius 2 is 2.19 bits per heavy atom. The summed E-state index contributed by atoms with van der Waals surface area (Å²) in [7, 11) is 0. The van der Waals surface area contributed by atoms with E-state index in [1.54, 1.807) is 24.3 Å². The molecule has 2 heterocycles. The minimum atomic E-state index is -3.10. The average Bonchev–Trinajstić information content (AvgIpc) is 2.93. The zero-order valence-corrected chi connectivity index (χ0v) is 13.6. The summed E-state index contributed by atoms with van der Waals surface area (Å²) >= 11 is 0. The summed E-state index contributed by atoms with van der Waals surface area (Å²) in [6.45, 7) is -1.30. The van der Waals surface area contributed by atoms with E-state index >= 15 is 0 Å². The van der Waals surface area contributed by atoms with Crippen LogP contribution >= 0.6 is 0 Å². The Labute approximate surface area is 147 Å². The lowest BCUT2D eigenvalue weighted by Gasteiger charge is -2.19. The van der Waals surface area contributed by atoms with Crippen molar-refractivity contribution in [2.75, 3.05) is 18.8 Å². The molecule has 1 unspecified atom stereocenters. The van der Waals surface area contributed by atoms with Crippen molar-refractivity contribution in [2.45, 2.75) is 18.4 Å². The highest BCUT2D eigenvalue weighted by Crippen LogP contribution is 2.31. The molecule has 1 saturated heterocycles. The number of nitrogens with two attached hydrogens (primary N) is 1. The molecule has 1 fully saturated rings. The number of fused-ring (bicyclic) bond motifs is 1. The van der Waals surface area contributed by atoms with Crippen molar-refractivity contribution in [2.24, 2.45) is 0 Å². The Hall–Kier alpha value is -3.28. The van der Waals surface area contributed by atoms with Gasteiger partial charge in [-0.05, 0) is 24.3 Å². The molecule has 1 aromatic carbocycles. The van der Waals surface area contributed by atoms with Gasteiger partial charge in [-0.2, -0.15) is 5.26 Å². The normalized spacial score (nSPS) is 18.5. The van der Waals surface area contributed by atoms with Crippen LogP contribution < -0.4 is 11.1 Å². The molecule has 2 amide bonds. The molecule has 0 saturated carbocycles. The number of amides is 2. The molecule has 1 aromatic heterocycles. The van der Waals surface area contributed by atoms with Gasteiger partial charge in [0.05, 0.1) is 30.2 Å². The lowest BCUT2D eigenvalue weighted by molar-refractivity contribution is -0.131. The van der Waals surface area contributed by atoms with Crippen LogP contribution in [0.5, 0.6) is 0 Å². The van der Waals surface area contributed by atoms with Gasteiger partial charge in [-0.1, -0.05) is 0 Å². The summed E-state index contributed by atoms with van der Waals surface area (Å²) in [5.74, 6) is -4.37. The lowest BCUT2D eigenvalue weighted by Crippen LogP contribution is -2.43. The zero-order valence-electron chi connectivity index (χ0n) is 13.6. The van der Waals surface area contributed by atoms with Crippen molar-refractivity contribution in [3.63, 3.8) is 0 Å². The number of nitriles is 1. The second-order valence-corrected chi connectivity index (χ2v) is 6.04. The third-order valence-electron chi connectivity index (χ3n) is 4.15. The van der Waals surface area contributed by atoms with Gasteiger partial charge < -0.3 is 16.0 Å². The van der Waals surface area contributed by atoms with Crippen molar-refractivity contribution in [1.82, 2.24) is 15.2 Å². The molecule has 9 heteroatoms. The van der Waals surface area contributed by atoms with E-state index in [2.05, 4.69) is 10.3 Å². The van der Waals surface area contributed by atoms with Crippen LogP contribution in [0, 0.1) is 11.3 Å². The first-order valence-corrected chi connectivity index (χ1v) is 7.80. The Balaban J connectivity index is 1.72. The number of rotatable bonds is 3. The van der Waals surface area contributed by atoms with E-state index in [1.165, 1.54) is 12.3 Å². The molecule has 0 spiro atoms. The van der Waals surface area contributed by atoms with E-state index in [-0.39, 0.29) is 5.56 Å². The Kier molecular flexibility index (Phi) is 4.42. The maximum Gasteiger partial charge on any atom is 0.268 e. The molecule has 0 aliphatic carbocycles. The Bertz CT molecular complexity index is 925. The van der Waals surface area contributed by atoms with Crippen LogP contribution in [0.4, 0.5) is 14.5 Å². The average molecular weight is 359 g/mol. The number of pyridine rings is 1. The molecule has 1 aliphatic heterocycles. The van der Waals surface area contributed by atoms with Crippen LogP contribution in [0.3, 0.4) is 0 Å². The van der Waals surface area contributed by atoms with E-state index in [0.29, 0.717) is 16.6 Å². The van der Waals surface area contributed by atoms with Gasteiger partial charge >= 0.3 is 0 Å². The van der Waals surface area contributed by atoms with Gasteiger partial charge in [0.1, 0.15) is 6.04 Å². The fraction of sp³-hybridized carbons (Fsp3) is 0.294. The second-order valence-electron chi connectivity index (χ2n) is 6.04. The Morgan fingerprint density at radius 1 is 1.42 bits per heavy atom. The number of likely N-dealkylation sites (tertiary alicyclic amines) is 1. The maximum atomic E-state index is 13.4. The molecule has 134 valence electrons. The van der Waals surface area contributed by atoms with Crippen LogP contribution in [0.25, 0.3) is 10.9 Å². The number of nitrogen functional groups attached to an aromatic ring is 1. The van der Waals surface area contributed by atoms with Crippen LogP contribution in [-0.4, -0.2) is 46.8 Å². The van der Waals surface area contributed by atoms with Gasteiger partial charge in [-0.25, -0.2) is 8.78 Å². The van der Waals surface area contributed by atoms with E-state index in [1.807, 2.05) is 0 Å². The largest absolute Gasteiger partial charge is 0.399 e. The third kappa shape index (κ3) is 3.39. The molecule has 3 N–H and O–H groups in total. The lowest BCUT2D eigenvalue weighted by atomic mass is 10.1. The summed E-state index contributed by atoms with van der Waals surface area (Å²) < 4.78 is 26.8. The highest BCUT2D eigenvalue weighted by Gasteiger charge is 2.47. The number of aromatic nitrogens is 1. The molecule has 0 radical (unpaired) electrons. The van der Waals surface area contributed by atoms with Crippen LogP contribution in [0.2, 0.25) is 0 Å². The summed E-state index contributed by atoms with van der Waals surface area (Å²) in [6.07, 6.45) is 0.741. The first-order chi connectivity index (χ1) is 12.3. The molecule has 0 bridgehead atoms. The SMILES string of the molecule is N#CC1CC(F)(F)CN1C(=O)CNC(=O)c1ccnc2cc(N)ccc12. The van der Waals surface area contributed by atoms with Gasteiger partial charge in [0.25, 0.3) is 11.8 Å². The van der Waals surface area contributed by atoms with Crippen molar-refractivity contribution >= 4 is 28.4 Å². The molecular formula is C17H15F2N5O2. The van der Waals surface area contributed by atoms with E-state index in [0.717, 1.165) is 4.90 Å². The first-order valence-electron chi connectivity index (χ1n) is 7.80. The first kappa shape index (κ1) is 17.5. The fourth-order valence-corrected chi connectivity index (χ4v) is 2.91. The molecule has 1 aliphatic rings. The monoisotopic (exact) mass is 359 g/mol. The molecule has 3 rings (SSSR count). The highest BCUT2D eigenvalue weighted by molar-refractivity contribution is 6.07. The minimum Gasteiger partial charge on any atom is -0.399 e. The van der Waals surface area contributed by atoms with Gasteiger partial charge in [-0.15, -0.1) is 0 Å². The van der Waals surface area contributed by atoms with Crippen LogP contribution in [0.15, 0.2) is 30.5 Å². The molecular weight excluding hydrogens is 344 g/mol. The smallest absolute Gasteiger partial charge is 0.268 e. The van der Waals surface area contributed by atoms with E-state index < -0.39 is 43.3 Å². The van der Waals surface area contributed by atoms with E-state index in [9.17, 15) is 18.4 Å². The number of benzene rings is 1. The number of nitrogens with one attached hydrogen (secondary N) is 1. The minimum absolute atomic E-state index is 0.284. The standard InChI is InChI=1S/C17H15F2N5O2/c18-17(19)6-11(7-20)24(9-17)15(25)8-23-16(26)13-3-4-22-14-5-10(21)1-2-12(13)14/h1-5,11H,6,8-9,21H2,(H,23,26). The zero-order chi connectivity index (χ0) is 18.9. The number of nitrogens with zero attached hydrogens (tertiary/aromatic N) is 3. The number of halogens is 2. The quantitative estimate of drug-likeness (QED) is 0.803. The van der Waals surface area contributed by atoms with Gasteiger partial charge in [0, 0.05) is 23.7 Å². The third-order valence-corrected chi connectivity index (χ3v) is 4.15. The highest BCUT2D eigenvalue weighted by atomic mass is 19.3. The number of anilines is 1. The second kappa shape index (κ2) is 6.55. The summed E-state index contributed by atoms with van der Waals surface area (Å²) in [5.41, 5.74) is 6.99. The predicted octanol–water partition coefficient (Wildman–Crippen LogP) is 1.31. The number of hydrogen-bond acceptors (Lipinski definition) is 5. The number of hydrogen-bond donors (Lipinski definition) is 2. The van der Waals surface area contributed by atoms with Crippen LogP contribution in [-0.2, 0) is 4.79 Å². The van der Waals surface area contributed by atoms with Crippen molar-refractivity contribution in [3.05, 3.63) is 36.0 Å². The molecule has 1 atom stereocenters. The van der Waals surface area contributed by atoms with Gasteiger partial charge in [-0.3, -0.25) is 14.6 Å². The number of alkyl halides is 2. The van der Waals surface area contributed by atoms with Crippen molar-refractivity contribution in [1.29, 1.82) is 5.26 Å². The topological polar surface area (TPSA) is 112 Å². The fourth-order valence-electron chi connectivity index (χ4n) is 2.91. The molecule has 7 nitrogen and oxygen atoms in total.